The summed E-state index contributed by atoms with van der Waals surface area (Å²) in [6.45, 7) is 8.91. The number of rotatable bonds is 8. The first-order valence-electron chi connectivity index (χ1n) is 9.68. The molecule has 4 heteroatoms. The largest absolute Gasteiger partial charge is 0.364 e. The van der Waals surface area contributed by atoms with Crippen LogP contribution in [0.3, 0.4) is 0 Å². The van der Waals surface area contributed by atoms with Gasteiger partial charge >= 0.3 is 0 Å². The van der Waals surface area contributed by atoms with Crippen LogP contribution in [0.5, 0.6) is 0 Å². The molecule has 0 saturated carbocycles. The van der Waals surface area contributed by atoms with E-state index in [-0.39, 0.29) is 5.54 Å². The van der Waals surface area contributed by atoms with E-state index in [4.69, 9.17) is 4.98 Å². The molecule has 0 saturated heterocycles. The van der Waals surface area contributed by atoms with Crippen molar-refractivity contribution >= 4 is 11.5 Å². The number of fused-ring (bicyclic) bond motifs is 1. The van der Waals surface area contributed by atoms with Crippen molar-refractivity contribution in [2.24, 2.45) is 0 Å². The molecular weight excluding hydrogens is 320 g/mol. The number of nitrogens with one attached hydrogen (secondary N) is 1. The lowest BCUT2D eigenvalue weighted by Gasteiger charge is -2.28. The van der Waals surface area contributed by atoms with Crippen molar-refractivity contribution in [3.05, 3.63) is 48.3 Å². The summed E-state index contributed by atoms with van der Waals surface area (Å²) in [4.78, 5) is 9.38. The van der Waals surface area contributed by atoms with Crippen LogP contribution in [-0.4, -0.2) is 19.9 Å². The van der Waals surface area contributed by atoms with Gasteiger partial charge in [0, 0.05) is 17.9 Å². The van der Waals surface area contributed by atoms with Gasteiger partial charge in [-0.15, -0.1) is 0 Å². The molecule has 0 unspecified atom stereocenters. The number of imidazole rings is 1. The van der Waals surface area contributed by atoms with Gasteiger partial charge in [-0.2, -0.15) is 0 Å². The minimum Gasteiger partial charge on any atom is -0.364 e. The fourth-order valence-corrected chi connectivity index (χ4v) is 3.33. The molecule has 0 aliphatic heterocycles. The molecule has 138 valence electrons. The van der Waals surface area contributed by atoms with E-state index < -0.39 is 0 Å². The zero-order valence-electron chi connectivity index (χ0n) is 16.4. The normalized spacial score (nSPS) is 11.8. The van der Waals surface area contributed by atoms with Crippen LogP contribution in [0.2, 0.25) is 0 Å². The van der Waals surface area contributed by atoms with Gasteiger partial charge in [-0.3, -0.25) is 9.38 Å². The van der Waals surface area contributed by atoms with E-state index >= 15 is 0 Å². The zero-order chi connectivity index (χ0) is 18.6. The number of aryl methyl sites for hydroxylation is 1. The van der Waals surface area contributed by atoms with Gasteiger partial charge in [-0.05, 0) is 51.0 Å². The molecule has 26 heavy (non-hydrogen) atoms. The molecular formula is C22H30N4. The maximum absolute atomic E-state index is 4.86. The number of hydrogen-bond acceptors (Lipinski definition) is 3. The Hall–Kier alpha value is -2.36. The van der Waals surface area contributed by atoms with E-state index in [1.54, 1.807) is 0 Å². The van der Waals surface area contributed by atoms with Crippen molar-refractivity contribution in [3.8, 4) is 11.4 Å². The highest BCUT2D eigenvalue weighted by atomic mass is 15.2. The number of unbranched alkanes of at least 4 members (excludes halogenated alkanes) is 3. The van der Waals surface area contributed by atoms with E-state index in [1.165, 1.54) is 31.2 Å². The molecule has 0 aromatic carbocycles. The Morgan fingerprint density at radius 3 is 2.65 bits per heavy atom. The monoisotopic (exact) mass is 350 g/mol. The standard InChI is InChI=1S/C22H30N4/c1-5-6-7-9-14-22(3,4)25-21-20(18-11-8-10-15-23-18)24-19-13-12-17(2)16-26(19)21/h8,10-13,15-16,25H,5-7,9,14H2,1-4H3. The lowest BCUT2D eigenvalue weighted by atomic mass is 9.96. The predicted octanol–water partition coefficient (Wildman–Crippen LogP) is 5.87. The Kier molecular flexibility index (Phi) is 5.60. The first-order chi connectivity index (χ1) is 12.5. The average molecular weight is 351 g/mol. The van der Waals surface area contributed by atoms with Crippen molar-refractivity contribution in [2.45, 2.75) is 65.3 Å². The lowest BCUT2D eigenvalue weighted by Crippen LogP contribution is -2.31. The number of hydrogen-bond donors (Lipinski definition) is 1. The quantitative estimate of drug-likeness (QED) is 0.517. The fourth-order valence-electron chi connectivity index (χ4n) is 3.33. The Morgan fingerprint density at radius 1 is 1.08 bits per heavy atom. The van der Waals surface area contributed by atoms with E-state index in [2.05, 4.69) is 60.7 Å². The van der Waals surface area contributed by atoms with Crippen molar-refractivity contribution in [2.75, 3.05) is 5.32 Å². The summed E-state index contributed by atoms with van der Waals surface area (Å²) in [7, 11) is 0. The van der Waals surface area contributed by atoms with Crippen LogP contribution in [0.15, 0.2) is 42.7 Å². The van der Waals surface area contributed by atoms with Crippen molar-refractivity contribution in [3.63, 3.8) is 0 Å². The Bertz CT molecular complexity index is 849. The van der Waals surface area contributed by atoms with Crippen molar-refractivity contribution in [1.29, 1.82) is 0 Å². The van der Waals surface area contributed by atoms with Crippen molar-refractivity contribution in [1.82, 2.24) is 14.4 Å². The van der Waals surface area contributed by atoms with Crippen LogP contribution >= 0.6 is 0 Å². The van der Waals surface area contributed by atoms with Gasteiger partial charge in [0.2, 0.25) is 0 Å². The second-order valence-electron chi connectivity index (χ2n) is 7.78. The number of pyridine rings is 2. The summed E-state index contributed by atoms with van der Waals surface area (Å²) in [5, 5.41) is 3.77. The van der Waals surface area contributed by atoms with Crippen LogP contribution < -0.4 is 5.32 Å². The number of aromatic nitrogens is 3. The molecule has 3 rings (SSSR count). The SMILES string of the molecule is CCCCCCC(C)(C)Nc1c(-c2ccccn2)nc2ccc(C)cn12. The van der Waals surface area contributed by atoms with Gasteiger partial charge in [0.1, 0.15) is 17.2 Å². The van der Waals surface area contributed by atoms with Crippen LogP contribution in [0.1, 0.15) is 58.4 Å². The molecule has 0 bridgehead atoms. The molecule has 0 aliphatic carbocycles. The molecule has 1 N–H and O–H groups in total. The summed E-state index contributed by atoms with van der Waals surface area (Å²) < 4.78 is 2.16. The summed E-state index contributed by atoms with van der Waals surface area (Å²) >= 11 is 0. The van der Waals surface area contributed by atoms with Crippen LogP contribution in [0.25, 0.3) is 17.0 Å². The van der Waals surface area contributed by atoms with Crippen LogP contribution in [0.4, 0.5) is 5.82 Å². The summed E-state index contributed by atoms with van der Waals surface area (Å²) in [5.41, 5.74) is 3.97. The Labute approximate surface area is 156 Å². The maximum atomic E-state index is 4.86. The summed E-state index contributed by atoms with van der Waals surface area (Å²) in [5.74, 6) is 1.03. The highest BCUT2D eigenvalue weighted by molar-refractivity contribution is 5.74. The molecule has 0 spiro atoms. The Morgan fingerprint density at radius 2 is 1.92 bits per heavy atom. The molecule has 0 fully saturated rings. The minimum atomic E-state index is -0.00299. The average Bonchev–Trinajstić information content (AvgIpc) is 2.97. The van der Waals surface area contributed by atoms with E-state index in [9.17, 15) is 0 Å². The summed E-state index contributed by atoms with van der Waals surface area (Å²) in [6.07, 6.45) is 10.2. The topological polar surface area (TPSA) is 42.2 Å². The first-order valence-corrected chi connectivity index (χ1v) is 9.68. The molecule has 0 radical (unpaired) electrons. The molecule has 3 aromatic rings. The third kappa shape index (κ3) is 4.24. The molecule has 0 atom stereocenters. The van der Waals surface area contributed by atoms with Gasteiger partial charge in [0.15, 0.2) is 0 Å². The molecule has 3 heterocycles. The summed E-state index contributed by atoms with van der Waals surface area (Å²) in [6, 6.07) is 10.1. The Balaban J connectivity index is 1.96. The third-order valence-corrected chi connectivity index (χ3v) is 4.79. The lowest BCUT2D eigenvalue weighted by molar-refractivity contribution is 0.476. The van der Waals surface area contributed by atoms with Crippen LogP contribution in [-0.2, 0) is 0 Å². The van der Waals surface area contributed by atoms with Crippen LogP contribution in [0, 0.1) is 6.92 Å². The van der Waals surface area contributed by atoms with Gasteiger partial charge < -0.3 is 5.32 Å². The second-order valence-corrected chi connectivity index (χ2v) is 7.78. The maximum Gasteiger partial charge on any atom is 0.140 e. The highest BCUT2D eigenvalue weighted by Gasteiger charge is 2.23. The van der Waals surface area contributed by atoms with E-state index in [0.29, 0.717) is 0 Å². The second kappa shape index (κ2) is 7.90. The van der Waals surface area contributed by atoms with Gasteiger partial charge in [0.05, 0.1) is 5.69 Å². The number of anilines is 1. The molecule has 4 nitrogen and oxygen atoms in total. The number of nitrogens with zero attached hydrogens (tertiary/aromatic N) is 3. The smallest absolute Gasteiger partial charge is 0.140 e. The fraction of sp³-hybridized carbons (Fsp3) is 0.455. The van der Waals surface area contributed by atoms with Gasteiger partial charge in [0.25, 0.3) is 0 Å². The minimum absolute atomic E-state index is 0.00299. The van der Waals surface area contributed by atoms with E-state index in [1.807, 2.05) is 24.4 Å². The van der Waals surface area contributed by atoms with Gasteiger partial charge in [-0.1, -0.05) is 44.7 Å². The zero-order valence-corrected chi connectivity index (χ0v) is 16.4. The van der Waals surface area contributed by atoms with Gasteiger partial charge in [-0.25, -0.2) is 4.98 Å². The molecule has 0 amide bonds. The third-order valence-electron chi connectivity index (χ3n) is 4.79. The van der Waals surface area contributed by atoms with E-state index in [0.717, 1.165) is 29.3 Å². The molecule has 3 aromatic heterocycles. The van der Waals surface area contributed by atoms with Crippen molar-refractivity contribution < 1.29 is 0 Å². The highest BCUT2D eigenvalue weighted by Crippen LogP contribution is 2.31. The predicted molar refractivity (Wildman–Crippen MR) is 110 cm³/mol. The first kappa shape index (κ1) is 18.4. The molecule has 0 aliphatic rings.